The Hall–Kier alpha value is -1.69. The van der Waals surface area contributed by atoms with Crippen LogP contribution in [0.1, 0.15) is 19.8 Å². The van der Waals surface area contributed by atoms with Crippen LogP contribution in [0.5, 0.6) is 0 Å². The monoisotopic (exact) mass is 296 g/mol. The lowest BCUT2D eigenvalue weighted by Gasteiger charge is -2.10. The van der Waals surface area contributed by atoms with E-state index in [9.17, 15) is 9.59 Å². The Labute approximate surface area is 123 Å². The van der Waals surface area contributed by atoms with E-state index in [2.05, 4.69) is 10.6 Å². The Morgan fingerprint density at radius 1 is 1.30 bits per heavy atom. The van der Waals surface area contributed by atoms with Crippen molar-refractivity contribution in [1.29, 1.82) is 0 Å². The number of amides is 2. The van der Waals surface area contributed by atoms with Gasteiger partial charge in [-0.3, -0.25) is 4.79 Å². The molecule has 0 spiro atoms. The van der Waals surface area contributed by atoms with E-state index < -0.39 is 0 Å². The van der Waals surface area contributed by atoms with Crippen molar-refractivity contribution in [3.05, 3.63) is 24.3 Å². The molecule has 0 aromatic heterocycles. The van der Waals surface area contributed by atoms with Crippen LogP contribution in [0.4, 0.5) is 10.5 Å². The SMILES string of the molecule is CCOC(=O)CCCNC(=O)Nc1ccccc1SC. The lowest BCUT2D eigenvalue weighted by atomic mass is 10.3. The average molecular weight is 296 g/mol. The summed E-state index contributed by atoms with van der Waals surface area (Å²) in [6.45, 7) is 2.59. The number of carbonyl (C=O) groups is 2. The largest absolute Gasteiger partial charge is 0.466 e. The van der Waals surface area contributed by atoms with Gasteiger partial charge in [0.05, 0.1) is 12.3 Å². The molecule has 0 heterocycles. The number of nitrogens with one attached hydrogen (secondary N) is 2. The second-order valence-corrected chi connectivity index (χ2v) is 4.84. The summed E-state index contributed by atoms with van der Waals surface area (Å²) in [5, 5.41) is 5.50. The van der Waals surface area contributed by atoms with Gasteiger partial charge in [0.25, 0.3) is 0 Å². The number of anilines is 1. The maximum atomic E-state index is 11.7. The zero-order valence-corrected chi connectivity index (χ0v) is 12.6. The van der Waals surface area contributed by atoms with E-state index in [0.29, 0.717) is 26.0 Å². The quantitative estimate of drug-likeness (QED) is 0.461. The molecule has 110 valence electrons. The number of rotatable bonds is 7. The number of carbonyl (C=O) groups excluding carboxylic acids is 2. The molecule has 0 saturated heterocycles. The number of para-hydroxylation sites is 1. The molecule has 0 saturated carbocycles. The summed E-state index contributed by atoms with van der Waals surface area (Å²) in [7, 11) is 0. The van der Waals surface area contributed by atoms with Crippen LogP contribution in [0.2, 0.25) is 0 Å². The van der Waals surface area contributed by atoms with Gasteiger partial charge in [0.1, 0.15) is 0 Å². The van der Waals surface area contributed by atoms with Gasteiger partial charge >= 0.3 is 12.0 Å². The maximum Gasteiger partial charge on any atom is 0.319 e. The zero-order chi connectivity index (χ0) is 14.8. The minimum atomic E-state index is -0.268. The van der Waals surface area contributed by atoms with Gasteiger partial charge in [0, 0.05) is 17.9 Å². The van der Waals surface area contributed by atoms with Crippen molar-refractivity contribution in [2.24, 2.45) is 0 Å². The van der Waals surface area contributed by atoms with Crippen molar-refractivity contribution in [2.45, 2.75) is 24.7 Å². The van der Waals surface area contributed by atoms with E-state index in [4.69, 9.17) is 4.74 Å². The number of hydrogen-bond donors (Lipinski definition) is 2. The number of hydrogen-bond acceptors (Lipinski definition) is 4. The molecule has 1 aromatic carbocycles. The van der Waals surface area contributed by atoms with Crippen LogP contribution in [0.25, 0.3) is 0 Å². The molecule has 0 aliphatic heterocycles. The smallest absolute Gasteiger partial charge is 0.319 e. The number of thioether (sulfide) groups is 1. The average Bonchev–Trinajstić information content (AvgIpc) is 2.44. The molecule has 0 atom stereocenters. The molecular weight excluding hydrogens is 276 g/mol. The van der Waals surface area contributed by atoms with Crippen LogP contribution in [0.3, 0.4) is 0 Å². The van der Waals surface area contributed by atoms with Crippen molar-refractivity contribution >= 4 is 29.4 Å². The summed E-state index contributed by atoms with van der Waals surface area (Å²) in [5.41, 5.74) is 0.780. The molecule has 0 bridgehead atoms. The zero-order valence-electron chi connectivity index (χ0n) is 11.8. The minimum Gasteiger partial charge on any atom is -0.466 e. The van der Waals surface area contributed by atoms with Gasteiger partial charge in [-0.1, -0.05) is 12.1 Å². The van der Waals surface area contributed by atoms with E-state index >= 15 is 0 Å². The summed E-state index contributed by atoms with van der Waals surface area (Å²) in [6.07, 6.45) is 2.84. The van der Waals surface area contributed by atoms with Crippen molar-refractivity contribution in [3.63, 3.8) is 0 Å². The first-order valence-electron chi connectivity index (χ1n) is 6.50. The number of benzene rings is 1. The van der Waals surface area contributed by atoms with Gasteiger partial charge in [-0.15, -0.1) is 11.8 Å². The van der Waals surface area contributed by atoms with Crippen molar-refractivity contribution in [1.82, 2.24) is 5.32 Å². The van der Waals surface area contributed by atoms with Crippen LogP contribution in [-0.2, 0) is 9.53 Å². The summed E-state index contributed by atoms with van der Waals surface area (Å²) in [5.74, 6) is -0.234. The third-order valence-corrected chi connectivity index (χ3v) is 3.30. The molecule has 0 aliphatic carbocycles. The fourth-order valence-corrected chi connectivity index (χ4v) is 2.14. The van der Waals surface area contributed by atoms with Crippen molar-refractivity contribution < 1.29 is 14.3 Å². The van der Waals surface area contributed by atoms with Crippen LogP contribution < -0.4 is 10.6 Å². The summed E-state index contributed by atoms with van der Waals surface area (Å²) in [6, 6.07) is 7.32. The fraction of sp³-hybridized carbons (Fsp3) is 0.429. The first kappa shape index (κ1) is 16.4. The third kappa shape index (κ3) is 5.97. The Morgan fingerprint density at radius 2 is 2.05 bits per heavy atom. The predicted octanol–water partition coefficient (Wildman–Crippen LogP) is 2.87. The normalized spacial score (nSPS) is 9.90. The van der Waals surface area contributed by atoms with Crippen molar-refractivity contribution in [3.8, 4) is 0 Å². The molecule has 2 N–H and O–H groups in total. The topological polar surface area (TPSA) is 67.4 Å². The van der Waals surface area contributed by atoms with E-state index in [1.165, 1.54) is 0 Å². The van der Waals surface area contributed by atoms with Crippen LogP contribution in [-0.4, -0.2) is 31.4 Å². The molecule has 0 unspecified atom stereocenters. The van der Waals surface area contributed by atoms with Crippen LogP contribution in [0, 0.1) is 0 Å². The second-order valence-electron chi connectivity index (χ2n) is 3.99. The van der Waals surface area contributed by atoms with Crippen molar-refractivity contribution in [2.75, 3.05) is 24.7 Å². The van der Waals surface area contributed by atoms with E-state index in [0.717, 1.165) is 10.6 Å². The van der Waals surface area contributed by atoms with Gasteiger partial charge in [-0.2, -0.15) is 0 Å². The highest BCUT2D eigenvalue weighted by Crippen LogP contribution is 2.24. The minimum absolute atomic E-state index is 0.234. The lowest BCUT2D eigenvalue weighted by molar-refractivity contribution is -0.143. The Balaban J connectivity index is 2.28. The van der Waals surface area contributed by atoms with E-state index in [1.807, 2.05) is 30.5 Å². The Morgan fingerprint density at radius 3 is 2.75 bits per heavy atom. The van der Waals surface area contributed by atoms with Crippen LogP contribution >= 0.6 is 11.8 Å². The van der Waals surface area contributed by atoms with Gasteiger partial charge in [0.15, 0.2) is 0 Å². The molecule has 20 heavy (non-hydrogen) atoms. The highest BCUT2D eigenvalue weighted by molar-refractivity contribution is 7.98. The molecule has 5 nitrogen and oxygen atoms in total. The standard InChI is InChI=1S/C14H20N2O3S/c1-3-19-13(17)9-6-10-15-14(18)16-11-7-4-5-8-12(11)20-2/h4-5,7-8H,3,6,9-10H2,1-2H3,(H2,15,16,18). The first-order valence-corrected chi connectivity index (χ1v) is 7.73. The first-order chi connectivity index (χ1) is 9.67. The molecule has 0 aliphatic rings. The van der Waals surface area contributed by atoms with Crippen LogP contribution in [0.15, 0.2) is 29.2 Å². The Kier molecular flexibility index (Phi) is 7.57. The van der Waals surface area contributed by atoms with E-state index in [1.54, 1.807) is 18.7 Å². The molecule has 0 radical (unpaired) electrons. The highest BCUT2D eigenvalue weighted by Gasteiger charge is 2.06. The summed E-state index contributed by atoms with van der Waals surface area (Å²) in [4.78, 5) is 23.8. The summed E-state index contributed by atoms with van der Waals surface area (Å²) < 4.78 is 4.80. The molecule has 1 aromatic rings. The fourth-order valence-electron chi connectivity index (χ4n) is 1.58. The molecule has 2 amide bonds. The van der Waals surface area contributed by atoms with Gasteiger partial charge in [0.2, 0.25) is 0 Å². The van der Waals surface area contributed by atoms with Gasteiger partial charge < -0.3 is 15.4 Å². The van der Waals surface area contributed by atoms with Gasteiger partial charge in [-0.25, -0.2) is 4.79 Å². The number of esters is 1. The lowest BCUT2D eigenvalue weighted by Crippen LogP contribution is -2.30. The number of urea groups is 1. The molecule has 1 rings (SSSR count). The molecular formula is C14H20N2O3S. The third-order valence-electron chi connectivity index (χ3n) is 2.50. The highest BCUT2D eigenvalue weighted by atomic mass is 32.2. The maximum absolute atomic E-state index is 11.7. The van der Waals surface area contributed by atoms with Gasteiger partial charge in [-0.05, 0) is 31.7 Å². The Bertz CT molecular complexity index is 452. The summed E-state index contributed by atoms with van der Waals surface area (Å²) >= 11 is 1.57. The number of ether oxygens (including phenoxy) is 1. The predicted molar refractivity (Wildman–Crippen MR) is 81.1 cm³/mol. The van der Waals surface area contributed by atoms with E-state index in [-0.39, 0.29) is 12.0 Å². The molecule has 6 heteroatoms. The molecule has 0 fully saturated rings. The second kappa shape index (κ2) is 9.25.